The molecule has 1 N–H and O–H groups in total. The Kier molecular flexibility index (Phi) is 2.82. The second-order valence-corrected chi connectivity index (χ2v) is 4.06. The van der Waals surface area contributed by atoms with Gasteiger partial charge in [0.25, 0.3) is 0 Å². The quantitative estimate of drug-likeness (QED) is 0.861. The van der Waals surface area contributed by atoms with Crippen LogP contribution in [0.5, 0.6) is 0 Å². The summed E-state index contributed by atoms with van der Waals surface area (Å²) in [6.07, 6.45) is 1.45. The van der Waals surface area contributed by atoms with Gasteiger partial charge in [-0.05, 0) is 17.2 Å². The third-order valence-corrected chi connectivity index (χ3v) is 2.68. The number of nitrogens with zero attached hydrogens (tertiary/aromatic N) is 4. The Morgan fingerprint density at radius 2 is 1.94 bits per heavy atom. The Morgan fingerprint density at radius 3 is 2.78 bits per heavy atom. The molecule has 1 aromatic heterocycles. The van der Waals surface area contributed by atoms with E-state index in [0.29, 0.717) is 23.9 Å². The molecular weight excluding hydrogens is 250 g/mol. The van der Waals surface area contributed by atoms with E-state index in [9.17, 15) is 0 Å². The van der Waals surface area contributed by atoms with Gasteiger partial charge < -0.3 is 5.32 Å². The highest BCUT2D eigenvalue weighted by atomic mass is 35.5. The molecule has 6 heteroatoms. The third-order valence-electron chi connectivity index (χ3n) is 2.51. The van der Waals surface area contributed by atoms with Crippen molar-refractivity contribution in [3.05, 3.63) is 41.2 Å². The van der Waals surface area contributed by atoms with Crippen molar-refractivity contribution in [2.45, 2.75) is 6.54 Å². The van der Waals surface area contributed by atoms with Crippen molar-refractivity contribution < 1.29 is 0 Å². The number of fused-ring (bicyclic) bond motifs is 1. The summed E-state index contributed by atoms with van der Waals surface area (Å²) in [5.41, 5.74) is 1.79. The van der Waals surface area contributed by atoms with Crippen LogP contribution in [0.4, 0.5) is 17.3 Å². The smallest absolute Gasteiger partial charge is 0.226 e. The first-order valence-corrected chi connectivity index (χ1v) is 5.79. The zero-order valence-electron chi connectivity index (χ0n) is 9.34. The minimum atomic E-state index is 0.165. The maximum atomic E-state index is 5.83. The summed E-state index contributed by atoms with van der Waals surface area (Å²) in [4.78, 5) is 12.1. The maximum absolute atomic E-state index is 5.83. The van der Waals surface area contributed by atoms with Gasteiger partial charge in [-0.2, -0.15) is 9.97 Å². The topological polar surface area (TPSA) is 64.3 Å². The second kappa shape index (κ2) is 4.62. The van der Waals surface area contributed by atoms with Crippen LogP contribution in [0.25, 0.3) is 0 Å². The average Bonchev–Trinajstić information content (AvgIpc) is 2.85. The van der Waals surface area contributed by atoms with Crippen LogP contribution < -0.4 is 10.6 Å². The van der Waals surface area contributed by atoms with E-state index in [-0.39, 0.29) is 5.28 Å². The van der Waals surface area contributed by atoms with E-state index in [1.165, 1.54) is 6.34 Å². The fourth-order valence-electron chi connectivity index (χ4n) is 1.67. The van der Waals surface area contributed by atoms with Crippen LogP contribution >= 0.6 is 11.6 Å². The molecule has 2 aromatic rings. The van der Waals surface area contributed by atoms with Gasteiger partial charge in [0.2, 0.25) is 5.28 Å². The van der Waals surface area contributed by atoms with E-state index in [4.69, 9.17) is 11.6 Å². The molecule has 1 aliphatic heterocycles. The van der Waals surface area contributed by atoms with Crippen molar-refractivity contribution in [1.82, 2.24) is 15.3 Å². The summed E-state index contributed by atoms with van der Waals surface area (Å²) in [7, 11) is 0. The Hall–Kier alpha value is -2.14. The Balaban J connectivity index is 1.82. The van der Waals surface area contributed by atoms with Crippen molar-refractivity contribution in [2.24, 2.45) is 4.99 Å². The molecule has 5 nitrogen and oxygen atoms in total. The van der Waals surface area contributed by atoms with Crippen LogP contribution in [0.2, 0.25) is 5.28 Å². The normalized spacial score (nSPS) is 12.1. The summed E-state index contributed by atoms with van der Waals surface area (Å²) in [5.74, 6) is 1.11. The molecule has 0 saturated heterocycles. The van der Waals surface area contributed by atoms with Gasteiger partial charge in [0, 0.05) is 6.54 Å². The van der Waals surface area contributed by atoms with Gasteiger partial charge in [-0.15, -0.1) is 0 Å². The Labute approximate surface area is 109 Å². The molecular formula is C12H9ClN5. The lowest BCUT2D eigenvalue weighted by atomic mass is 10.2. The molecule has 0 aliphatic carbocycles. The van der Waals surface area contributed by atoms with Gasteiger partial charge in [0.15, 0.2) is 17.3 Å². The number of anilines is 1. The molecule has 0 amide bonds. The number of aromatic nitrogens is 2. The first kappa shape index (κ1) is 11.0. The van der Waals surface area contributed by atoms with Crippen molar-refractivity contribution in [3.8, 4) is 0 Å². The van der Waals surface area contributed by atoms with Crippen LogP contribution in [-0.2, 0) is 6.54 Å². The molecule has 0 saturated carbocycles. The summed E-state index contributed by atoms with van der Waals surface area (Å²) in [5, 5.41) is 7.47. The monoisotopic (exact) mass is 258 g/mol. The number of aliphatic imine (C=N–C) groups is 1. The number of halogens is 1. The van der Waals surface area contributed by atoms with Crippen LogP contribution in [0.3, 0.4) is 0 Å². The van der Waals surface area contributed by atoms with Gasteiger partial charge in [-0.1, -0.05) is 30.3 Å². The highest BCUT2D eigenvalue weighted by molar-refractivity contribution is 6.28. The summed E-state index contributed by atoms with van der Waals surface area (Å²) < 4.78 is 0. The van der Waals surface area contributed by atoms with Crippen LogP contribution in [0.1, 0.15) is 5.56 Å². The molecule has 0 atom stereocenters. The van der Waals surface area contributed by atoms with Crippen molar-refractivity contribution in [3.63, 3.8) is 0 Å². The maximum Gasteiger partial charge on any atom is 0.226 e. The van der Waals surface area contributed by atoms with Gasteiger partial charge >= 0.3 is 0 Å². The molecule has 0 fully saturated rings. The van der Waals surface area contributed by atoms with E-state index in [1.54, 1.807) is 0 Å². The Bertz CT molecular complexity index is 597. The third kappa shape index (κ3) is 2.12. The van der Waals surface area contributed by atoms with Crippen LogP contribution in [0, 0.1) is 0 Å². The predicted octanol–water partition coefficient (Wildman–Crippen LogP) is 2.65. The molecule has 1 aromatic carbocycles. The molecule has 1 radical (unpaired) electrons. The van der Waals surface area contributed by atoms with Gasteiger partial charge in [-0.25, -0.2) is 10.3 Å². The van der Waals surface area contributed by atoms with Crippen molar-refractivity contribution in [2.75, 3.05) is 5.32 Å². The fourth-order valence-corrected chi connectivity index (χ4v) is 1.84. The van der Waals surface area contributed by atoms with Crippen LogP contribution in [0.15, 0.2) is 35.3 Å². The number of hydrogen-bond acceptors (Lipinski definition) is 4. The minimum absolute atomic E-state index is 0.165. The molecule has 1 aliphatic rings. The summed E-state index contributed by atoms with van der Waals surface area (Å²) in [6.45, 7) is 0.649. The zero-order chi connectivity index (χ0) is 12.4. The number of hydrogen-bond donors (Lipinski definition) is 1. The highest BCUT2D eigenvalue weighted by Crippen LogP contribution is 2.33. The zero-order valence-corrected chi connectivity index (χ0v) is 10.1. The second-order valence-electron chi connectivity index (χ2n) is 3.73. The molecule has 2 heterocycles. The van der Waals surface area contributed by atoms with E-state index in [2.05, 4.69) is 25.6 Å². The lowest BCUT2D eigenvalue weighted by Gasteiger charge is -2.08. The lowest BCUT2D eigenvalue weighted by molar-refractivity contribution is 1.07. The largest absolute Gasteiger partial charge is 0.364 e. The van der Waals surface area contributed by atoms with E-state index < -0.39 is 0 Å². The van der Waals surface area contributed by atoms with Gasteiger partial charge in [0.05, 0.1) is 0 Å². The number of benzene rings is 1. The lowest BCUT2D eigenvalue weighted by Crippen LogP contribution is -2.04. The van der Waals surface area contributed by atoms with Gasteiger partial charge in [-0.3, -0.25) is 0 Å². The fraction of sp³-hybridized carbons (Fsp3) is 0.0833. The minimum Gasteiger partial charge on any atom is -0.364 e. The summed E-state index contributed by atoms with van der Waals surface area (Å²) in [6, 6.07) is 10.0. The van der Waals surface area contributed by atoms with E-state index in [1.807, 2.05) is 30.3 Å². The average molecular weight is 259 g/mol. The molecule has 89 valence electrons. The number of rotatable bonds is 3. The van der Waals surface area contributed by atoms with Gasteiger partial charge in [0.1, 0.15) is 6.34 Å². The highest BCUT2D eigenvalue weighted by Gasteiger charge is 2.17. The predicted molar refractivity (Wildman–Crippen MR) is 70.8 cm³/mol. The SMILES string of the molecule is Clc1nc2c(c(NCc3ccccc3)n1)[N]C=N2. The van der Waals surface area contributed by atoms with E-state index >= 15 is 0 Å². The van der Waals surface area contributed by atoms with E-state index in [0.717, 1.165) is 5.56 Å². The summed E-state index contributed by atoms with van der Waals surface area (Å²) >= 11 is 5.83. The molecule has 3 rings (SSSR count). The number of nitrogens with one attached hydrogen (secondary N) is 1. The Morgan fingerprint density at radius 1 is 1.11 bits per heavy atom. The first-order chi connectivity index (χ1) is 8.83. The first-order valence-electron chi connectivity index (χ1n) is 5.41. The standard InChI is InChI=1S/C12H9ClN5/c13-12-17-10(9-11(18-12)16-7-15-9)14-6-8-4-2-1-3-5-8/h1-5,7H,6H2,(H,14,17,18). The van der Waals surface area contributed by atoms with Crippen molar-refractivity contribution in [1.29, 1.82) is 0 Å². The molecule has 0 spiro atoms. The van der Waals surface area contributed by atoms with Crippen LogP contribution in [-0.4, -0.2) is 16.3 Å². The molecule has 18 heavy (non-hydrogen) atoms. The molecule has 0 bridgehead atoms. The molecule has 0 unspecified atom stereocenters. The van der Waals surface area contributed by atoms with Crippen molar-refractivity contribution >= 4 is 35.3 Å².